The largest absolute Gasteiger partial charge is 0.368 e. The van der Waals surface area contributed by atoms with E-state index in [-0.39, 0.29) is 11.9 Å². The van der Waals surface area contributed by atoms with E-state index in [1.807, 2.05) is 6.92 Å². The van der Waals surface area contributed by atoms with Crippen LogP contribution in [0.5, 0.6) is 0 Å². The van der Waals surface area contributed by atoms with E-state index < -0.39 is 0 Å². The number of hydrogen-bond donors (Lipinski definition) is 2. The molecule has 1 aliphatic rings. The molecule has 0 aliphatic heterocycles. The summed E-state index contributed by atoms with van der Waals surface area (Å²) in [6.45, 7) is 3.98. The monoisotopic (exact) mass is 156 g/mol. The summed E-state index contributed by atoms with van der Waals surface area (Å²) in [5.74, 6) is 0.517. The van der Waals surface area contributed by atoms with Crippen LogP contribution in [0.15, 0.2) is 0 Å². The maximum absolute atomic E-state index is 10.6. The van der Waals surface area contributed by atoms with Crippen molar-refractivity contribution < 1.29 is 4.79 Å². The van der Waals surface area contributed by atoms with E-state index in [0.29, 0.717) is 6.04 Å². The van der Waals surface area contributed by atoms with Gasteiger partial charge in [0.1, 0.15) is 0 Å². The lowest BCUT2D eigenvalue weighted by molar-refractivity contribution is -0.119. The molecule has 1 aliphatic carbocycles. The average molecular weight is 156 g/mol. The van der Waals surface area contributed by atoms with E-state index in [1.54, 1.807) is 0 Å². The third-order valence-corrected chi connectivity index (χ3v) is 2.34. The van der Waals surface area contributed by atoms with Crippen LogP contribution in [0.25, 0.3) is 0 Å². The second-order valence-corrected chi connectivity index (χ2v) is 3.30. The quantitative estimate of drug-likeness (QED) is 0.613. The first-order chi connectivity index (χ1) is 5.15. The Morgan fingerprint density at radius 2 is 2.45 bits per heavy atom. The minimum atomic E-state index is -0.258. The fourth-order valence-corrected chi connectivity index (χ4v) is 1.31. The number of carbonyl (C=O) groups excluding carboxylic acids is 1. The van der Waals surface area contributed by atoms with Gasteiger partial charge in [-0.3, -0.25) is 4.79 Å². The highest BCUT2D eigenvalue weighted by Crippen LogP contribution is 2.33. The SMILES string of the molecule is CCC1CC1NC(C)C(N)=O. The van der Waals surface area contributed by atoms with Gasteiger partial charge in [0.05, 0.1) is 6.04 Å². The van der Waals surface area contributed by atoms with Crippen LogP contribution in [0, 0.1) is 5.92 Å². The molecule has 3 heteroatoms. The maximum Gasteiger partial charge on any atom is 0.234 e. The first-order valence-electron chi connectivity index (χ1n) is 4.20. The highest BCUT2D eigenvalue weighted by molar-refractivity contribution is 5.79. The van der Waals surface area contributed by atoms with Crippen molar-refractivity contribution in [2.75, 3.05) is 0 Å². The van der Waals surface area contributed by atoms with Gasteiger partial charge in [-0.05, 0) is 19.3 Å². The zero-order valence-electron chi connectivity index (χ0n) is 7.13. The molecule has 0 aromatic heterocycles. The molecule has 0 saturated heterocycles. The van der Waals surface area contributed by atoms with E-state index >= 15 is 0 Å². The highest BCUT2D eigenvalue weighted by Gasteiger charge is 2.36. The molecule has 1 saturated carbocycles. The van der Waals surface area contributed by atoms with Crippen LogP contribution in [0.3, 0.4) is 0 Å². The van der Waals surface area contributed by atoms with Crippen molar-refractivity contribution >= 4 is 5.91 Å². The van der Waals surface area contributed by atoms with Crippen LogP contribution in [-0.4, -0.2) is 18.0 Å². The van der Waals surface area contributed by atoms with Gasteiger partial charge in [0.15, 0.2) is 0 Å². The Hall–Kier alpha value is -0.570. The molecule has 0 spiro atoms. The average Bonchev–Trinajstić information content (AvgIpc) is 2.67. The minimum Gasteiger partial charge on any atom is -0.368 e. The Balaban J connectivity index is 2.18. The first kappa shape index (κ1) is 8.53. The van der Waals surface area contributed by atoms with Gasteiger partial charge in [-0.1, -0.05) is 13.3 Å². The number of amides is 1. The molecule has 0 bridgehead atoms. The number of nitrogens with one attached hydrogen (secondary N) is 1. The summed E-state index contributed by atoms with van der Waals surface area (Å²) in [5, 5.41) is 3.18. The van der Waals surface area contributed by atoms with Crippen molar-refractivity contribution in [3.05, 3.63) is 0 Å². The zero-order valence-corrected chi connectivity index (χ0v) is 7.13. The topological polar surface area (TPSA) is 55.1 Å². The van der Waals surface area contributed by atoms with Gasteiger partial charge in [0.2, 0.25) is 5.91 Å². The lowest BCUT2D eigenvalue weighted by Crippen LogP contribution is -2.40. The first-order valence-corrected chi connectivity index (χ1v) is 4.20. The van der Waals surface area contributed by atoms with Gasteiger partial charge in [0.25, 0.3) is 0 Å². The second kappa shape index (κ2) is 3.22. The summed E-state index contributed by atoms with van der Waals surface area (Å²) in [4.78, 5) is 10.6. The van der Waals surface area contributed by atoms with Gasteiger partial charge in [-0.25, -0.2) is 0 Å². The highest BCUT2D eigenvalue weighted by atomic mass is 16.1. The molecular weight excluding hydrogens is 140 g/mol. The van der Waals surface area contributed by atoms with Crippen molar-refractivity contribution in [2.45, 2.75) is 38.8 Å². The molecule has 1 rings (SSSR count). The van der Waals surface area contributed by atoms with Gasteiger partial charge < -0.3 is 11.1 Å². The summed E-state index contributed by atoms with van der Waals surface area (Å²) in [7, 11) is 0. The van der Waals surface area contributed by atoms with Crippen LogP contribution in [0.2, 0.25) is 0 Å². The lowest BCUT2D eigenvalue weighted by Gasteiger charge is -2.08. The van der Waals surface area contributed by atoms with Gasteiger partial charge in [0, 0.05) is 6.04 Å². The molecule has 3 unspecified atom stereocenters. The zero-order chi connectivity index (χ0) is 8.43. The predicted molar refractivity (Wildman–Crippen MR) is 44.0 cm³/mol. The van der Waals surface area contributed by atoms with E-state index in [1.165, 1.54) is 12.8 Å². The molecule has 0 heterocycles. The van der Waals surface area contributed by atoms with Crippen molar-refractivity contribution in [1.82, 2.24) is 5.32 Å². The molecule has 0 aromatic carbocycles. The Kier molecular flexibility index (Phi) is 2.49. The van der Waals surface area contributed by atoms with E-state index in [4.69, 9.17) is 5.73 Å². The van der Waals surface area contributed by atoms with Crippen molar-refractivity contribution in [3.63, 3.8) is 0 Å². The van der Waals surface area contributed by atoms with Crippen molar-refractivity contribution in [3.8, 4) is 0 Å². The Morgan fingerprint density at radius 1 is 1.82 bits per heavy atom. The Labute approximate surface area is 67.3 Å². The molecule has 3 nitrogen and oxygen atoms in total. The van der Waals surface area contributed by atoms with E-state index in [9.17, 15) is 4.79 Å². The summed E-state index contributed by atoms with van der Waals surface area (Å²) >= 11 is 0. The molecule has 3 atom stereocenters. The Morgan fingerprint density at radius 3 is 2.82 bits per heavy atom. The van der Waals surface area contributed by atoms with Crippen LogP contribution in [-0.2, 0) is 4.79 Å². The Bertz CT molecular complexity index is 158. The smallest absolute Gasteiger partial charge is 0.234 e. The molecule has 0 radical (unpaired) electrons. The van der Waals surface area contributed by atoms with Crippen molar-refractivity contribution in [2.24, 2.45) is 11.7 Å². The molecule has 64 valence electrons. The number of rotatable bonds is 4. The van der Waals surface area contributed by atoms with E-state index in [2.05, 4.69) is 12.2 Å². The lowest BCUT2D eigenvalue weighted by atomic mass is 10.3. The molecule has 3 N–H and O–H groups in total. The maximum atomic E-state index is 10.6. The fourth-order valence-electron chi connectivity index (χ4n) is 1.31. The summed E-state index contributed by atoms with van der Waals surface area (Å²) < 4.78 is 0. The summed E-state index contributed by atoms with van der Waals surface area (Å²) in [5.41, 5.74) is 5.10. The van der Waals surface area contributed by atoms with Crippen molar-refractivity contribution in [1.29, 1.82) is 0 Å². The summed E-state index contributed by atoms with van der Waals surface area (Å²) in [6, 6.07) is 0.374. The third kappa shape index (κ3) is 2.19. The van der Waals surface area contributed by atoms with Crippen LogP contribution in [0.4, 0.5) is 0 Å². The van der Waals surface area contributed by atoms with Crippen LogP contribution >= 0.6 is 0 Å². The molecule has 11 heavy (non-hydrogen) atoms. The number of primary amides is 1. The number of carbonyl (C=O) groups is 1. The number of nitrogens with two attached hydrogens (primary N) is 1. The number of hydrogen-bond acceptors (Lipinski definition) is 2. The van der Waals surface area contributed by atoms with Crippen LogP contribution in [0.1, 0.15) is 26.7 Å². The molecular formula is C8H16N2O. The molecule has 0 aromatic rings. The van der Waals surface area contributed by atoms with Gasteiger partial charge >= 0.3 is 0 Å². The fraction of sp³-hybridized carbons (Fsp3) is 0.875. The van der Waals surface area contributed by atoms with Gasteiger partial charge in [-0.15, -0.1) is 0 Å². The standard InChI is InChI=1S/C8H16N2O/c1-3-6-4-7(6)10-5(2)8(9)11/h5-7,10H,3-4H2,1-2H3,(H2,9,11). The molecule has 1 fully saturated rings. The third-order valence-electron chi connectivity index (χ3n) is 2.34. The normalized spacial score (nSPS) is 31.5. The van der Waals surface area contributed by atoms with Crippen LogP contribution < -0.4 is 11.1 Å². The predicted octanol–water partition coefficient (Wildman–Crippen LogP) is 0.248. The minimum absolute atomic E-state index is 0.170. The van der Waals surface area contributed by atoms with E-state index in [0.717, 1.165) is 5.92 Å². The second-order valence-electron chi connectivity index (χ2n) is 3.30. The molecule has 1 amide bonds. The summed E-state index contributed by atoms with van der Waals surface area (Å²) in [6.07, 6.45) is 2.40. The van der Waals surface area contributed by atoms with Gasteiger partial charge in [-0.2, -0.15) is 0 Å².